The predicted octanol–water partition coefficient (Wildman–Crippen LogP) is 3.20. The first kappa shape index (κ1) is 22.5. The Morgan fingerprint density at radius 3 is 2.11 bits per heavy atom. The van der Waals surface area contributed by atoms with Gasteiger partial charge >= 0.3 is 6.09 Å². The number of alkyl carbamates (subject to hydrolysis) is 1. The van der Waals surface area contributed by atoms with Crippen LogP contribution < -0.4 is 16.0 Å². The minimum Gasteiger partial charge on any atom is -0.444 e. The molecule has 0 atom stereocenters. The second-order valence-electron chi connectivity index (χ2n) is 7.33. The third-order valence-electron chi connectivity index (χ3n) is 3.85. The molecule has 7 nitrogen and oxygen atoms in total. The van der Waals surface area contributed by atoms with Crippen LogP contribution in [0.2, 0.25) is 0 Å². The lowest BCUT2D eigenvalue weighted by molar-refractivity contribution is -0.125. The van der Waals surface area contributed by atoms with Gasteiger partial charge in [0.15, 0.2) is 0 Å². The van der Waals surface area contributed by atoms with Gasteiger partial charge in [-0.1, -0.05) is 26.0 Å². The van der Waals surface area contributed by atoms with Gasteiger partial charge in [0.05, 0.1) is 0 Å². The fraction of sp³-hybridized carbons (Fsp3) is 0.550. The lowest BCUT2D eigenvalue weighted by atomic mass is 10.0. The minimum absolute atomic E-state index is 0.0426. The third-order valence-corrected chi connectivity index (χ3v) is 3.85. The molecule has 0 aliphatic heterocycles. The summed E-state index contributed by atoms with van der Waals surface area (Å²) in [6.45, 7) is 9.53. The molecule has 150 valence electrons. The maximum absolute atomic E-state index is 12.0. The lowest BCUT2D eigenvalue weighted by Gasteiger charge is -2.19. The summed E-state index contributed by atoms with van der Waals surface area (Å²) in [6, 6.07) is 7.18. The van der Waals surface area contributed by atoms with E-state index < -0.39 is 11.7 Å². The van der Waals surface area contributed by atoms with Gasteiger partial charge in [-0.15, -0.1) is 0 Å². The third kappa shape index (κ3) is 9.08. The Bertz CT molecular complexity index is 632. The second-order valence-corrected chi connectivity index (χ2v) is 7.33. The highest BCUT2D eigenvalue weighted by Crippen LogP contribution is 2.11. The van der Waals surface area contributed by atoms with Gasteiger partial charge in [-0.25, -0.2) is 4.79 Å². The van der Waals surface area contributed by atoms with Gasteiger partial charge in [-0.3, -0.25) is 9.59 Å². The molecule has 27 heavy (non-hydrogen) atoms. The van der Waals surface area contributed by atoms with Gasteiger partial charge < -0.3 is 20.7 Å². The number of hydrogen-bond donors (Lipinski definition) is 3. The summed E-state index contributed by atoms with van der Waals surface area (Å²) in [5, 5.41) is 8.02. The highest BCUT2D eigenvalue weighted by atomic mass is 16.6. The maximum Gasteiger partial charge on any atom is 0.408 e. The molecule has 0 saturated heterocycles. The monoisotopic (exact) mass is 377 g/mol. The summed E-state index contributed by atoms with van der Waals surface area (Å²) in [5.74, 6) is -0.248. The number of carbonyl (C=O) groups excluding carboxylic acids is 3. The van der Waals surface area contributed by atoms with E-state index in [0.717, 1.165) is 18.4 Å². The van der Waals surface area contributed by atoms with Crippen LogP contribution in [0.3, 0.4) is 0 Å². The van der Waals surface area contributed by atoms with Crippen molar-refractivity contribution in [3.05, 3.63) is 29.8 Å². The molecule has 1 aromatic rings. The highest BCUT2D eigenvalue weighted by Gasteiger charge is 2.16. The normalized spacial score (nSPS) is 11.0. The average Bonchev–Trinajstić information content (AvgIpc) is 2.59. The zero-order valence-corrected chi connectivity index (χ0v) is 16.8. The molecule has 0 saturated carbocycles. The number of amides is 3. The molecular formula is C20H31N3O4. The average molecular weight is 377 g/mol. The van der Waals surface area contributed by atoms with Gasteiger partial charge in [0, 0.05) is 18.2 Å². The fourth-order valence-corrected chi connectivity index (χ4v) is 2.37. The van der Waals surface area contributed by atoms with Crippen LogP contribution in [0.1, 0.15) is 53.0 Å². The van der Waals surface area contributed by atoms with Crippen molar-refractivity contribution >= 4 is 23.6 Å². The standard InChI is InChI=1S/C20H31N3O4/c1-6-15(7-2)18(25)21-12-14-8-10-16(11-9-14)23-17(24)13-22-19(26)27-20(3,4)5/h8-11,15H,6-7,12-13H2,1-5H3,(H,21,25)(H,22,26)(H,23,24). The quantitative estimate of drug-likeness (QED) is 0.648. The van der Waals surface area contributed by atoms with Crippen LogP contribution in [0.4, 0.5) is 10.5 Å². The van der Waals surface area contributed by atoms with Crippen molar-refractivity contribution in [1.29, 1.82) is 0 Å². The van der Waals surface area contributed by atoms with E-state index in [1.54, 1.807) is 32.9 Å². The van der Waals surface area contributed by atoms with Crippen LogP contribution in [-0.4, -0.2) is 30.1 Å². The summed E-state index contributed by atoms with van der Waals surface area (Å²) in [4.78, 5) is 35.4. The number of carbonyl (C=O) groups is 3. The fourth-order valence-electron chi connectivity index (χ4n) is 2.37. The second kappa shape index (κ2) is 10.5. The van der Waals surface area contributed by atoms with E-state index in [1.165, 1.54) is 0 Å². The Hall–Kier alpha value is -2.57. The first-order chi connectivity index (χ1) is 12.6. The molecule has 0 aromatic heterocycles. The minimum atomic E-state index is -0.638. The topological polar surface area (TPSA) is 96.5 Å². The molecule has 7 heteroatoms. The molecule has 0 fully saturated rings. The van der Waals surface area contributed by atoms with Crippen molar-refractivity contribution in [3.8, 4) is 0 Å². The van der Waals surface area contributed by atoms with E-state index in [1.807, 2.05) is 26.0 Å². The van der Waals surface area contributed by atoms with Crippen LogP contribution in [0, 0.1) is 5.92 Å². The number of hydrogen-bond acceptors (Lipinski definition) is 4. The molecule has 0 radical (unpaired) electrons. The first-order valence-electron chi connectivity index (χ1n) is 9.28. The summed E-state index contributed by atoms with van der Waals surface area (Å²) in [5.41, 5.74) is 0.945. The molecular weight excluding hydrogens is 346 g/mol. The number of benzene rings is 1. The van der Waals surface area contributed by atoms with E-state index in [2.05, 4.69) is 16.0 Å². The van der Waals surface area contributed by atoms with E-state index in [9.17, 15) is 14.4 Å². The predicted molar refractivity (Wildman–Crippen MR) is 105 cm³/mol. The number of rotatable bonds is 8. The SMILES string of the molecule is CCC(CC)C(=O)NCc1ccc(NC(=O)CNC(=O)OC(C)(C)C)cc1. The summed E-state index contributed by atoms with van der Waals surface area (Å²) in [7, 11) is 0. The van der Waals surface area contributed by atoms with E-state index in [0.29, 0.717) is 12.2 Å². The van der Waals surface area contributed by atoms with Crippen molar-refractivity contribution in [1.82, 2.24) is 10.6 Å². The smallest absolute Gasteiger partial charge is 0.408 e. The maximum atomic E-state index is 12.0. The molecule has 0 bridgehead atoms. The van der Waals surface area contributed by atoms with Gasteiger partial charge in [0.25, 0.3) is 0 Å². The van der Waals surface area contributed by atoms with E-state index in [-0.39, 0.29) is 24.3 Å². The van der Waals surface area contributed by atoms with Crippen LogP contribution >= 0.6 is 0 Å². The molecule has 1 aromatic carbocycles. The summed E-state index contributed by atoms with van der Waals surface area (Å²) < 4.78 is 5.07. The zero-order chi connectivity index (χ0) is 20.4. The van der Waals surface area contributed by atoms with Crippen LogP contribution in [0.5, 0.6) is 0 Å². The Balaban J connectivity index is 2.42. The van der Waals surface area contributed by atoms with Gasteiger partial charge in [-0.05, 0) is 51.3 Å². The number of nitrogens with one attached hydrogen (secondary N) is 3. The molecule has 0 unspecified atom stereocenters. The molecule has 3 N–H and O–H groups in total. The van der Waals surface area contributed by atoms with Gasteiger partial charge in [-0.2, -0.15) is 0 Å². The Kier molecular flexibility index (Phi) is 8.78. The summed E-state index contributed by atoms with van der Waals surface area (Å²) in [6.07, 6.45) is 1.01. The molecule has 0 aliphatic carbocycles. The zero-order valence-electron chi connectivity index (χ0n) is 16.8. The van der Waals surface area contributed by atoms with E-state index in [4.69, 9.17) is 4.74 Å². The van der Waals surface area contributed by atoms with Gasteiger partial charge in [0.1, 0.15) is 12.1 Å². The molecule has 0 spiro atoms. The van der Waals surface area contributed by atoms with Crippen LogP contribution in [-0.2, 0) is 20.9 Å². The van der Waals surface area contributed by atoms with E-state index >= 15 is 0 Å². The Morgan fingerprint density at radius 2 is 1.59 bits per heavy atom. The highest BCUT2D eigenvalue weighted by molar-refractivity contribution is 5.93. The first-order valence-corrected chi connectivity index (χ1v) is 9.28. The van der Waals surface area contributed by atoms with Crippen LogP contribution in [0.25, 0.3) is 0 Å². The van der Waals surface area contributed by atoms with Crippen molar-refractivity contribution in [2.24, 2.45) is 5.92 Å². The Labute approximate surface area is 161 Å². The molecule has 3 amide bonds. The van der Waals surface area contributed by atoms with Crippen LogP contribution in [0.15, 0.2) is 24.3 Å². The Morgan fingerprint density at radius 1 is 1.00 bits per heavy atom. The van der Waals surface area contributed by atoms with Crippen molar-refractivity contribution in [2.45, 2.75) is 59.6 Å². The number of anilines is 1. The molecule has 1 rings (SSSR count). The van der Waals surface area contributed by atoms with Gasteiger partial charge in [0.2, 0.25) is 11.8 Å². The lowest BCUT2D eigenvalue weighted by Crippen LogP contribution is -2.37. The van der Waals surface area contributed by atoms with Crippen molar-refractivity contribution in [3.63, 3.8) is 0 Å². The largest absolute Gasteiger partial charge is 0.444 e. The molecule has 0 aliphatic rings. The number of ether oxygens (including phenoxy) is 1. The summed E-state index contributed by atoms with van der Waals surface area (Å²) >= 11 is 0. The molecule has 0 heterocycles. The van der Waals surface area contributed by atoms with Crippen molar-refractivity contribution < 1.29 is 19.1 Å². The van der Waals surface area contributed by atoms with Crippen molar-refractivity contribution in [2.75, 3.05) is 11.9 Å².